The van der Waals surface area contributed by atoms with Gasteiger partial charge in [0, 0.05) is 29.7 Å². The van der Waals surface area contributed by atoms with Gasteiger partial charge < -0.3 is 10.2 Å². The first-order valence-corrected chi connectivity index (χ1v) is 6.35. The molecular formula is C13H17ClN2O. The molecule has 0 unspecified atom stereocenters. The fraction of sp³-hybridized carbons (Fsp3) is 0.462. The zero-order valence-corrected chi connectivity index (χ0v) is 10.7. The highest BCUT2D eigenvalue weighted by Gasteiger charge is 2.22. The highest BCUT2D eigenvalue weighted by atomic mass is 35.5. The largest absolute Gasteiger partial charge is 0.348 e. The molecule has 2 rings (SSSR count). The Kier molecular flexibility index (Phi) is 4.02. The molecule has 0 aliphatic carbocycles. The lowest BCUT2D eigenvalue weighted by Gasteiger charge is -2.14. The SMILES string of the molecule is CCN1CC[C@H](NC(=O)c2ccc(Cl)cc2)C1. The number of amides is 1. The van der Waals surface area contributed by atoms with Crippen molar-refractivity contribution in [2.75, 3.05) is 19.6 Å². The molecule has 1 atom stereocenters. The first kappa shape index (κ1) is 12.4. The van der Waals surface area contributed by atoms with Crippen LogP contribution >= 0.6 is 11.6 Å². The van der Waals surface area contributed by atoms with E-state index in [-0.39, 0.29) is 11.9 Å². The lowest BCUT2D eigenvalue weighted by molar-refractivity contribution is 0.0938. The summed E-state index contributed by atoms with van der Waals surface area (Å²) in [6, 6.07) is 7.26. The van der Waals surface area contributed by atoms with E-state index in [1.165, 1.54) is 0 Å². The van der Waals surface area contributed by atoms with E-state index in [0.29, 0.717) is 10.6 Å². The molecule has 1 N–H and O–H groups in total. The maximum Gasteiger partial charge on any atom is 0.251 e. The minimum atomic E-state index is -0.00961. The summed E-state index contributed by atoms with van der Waals surface area (Å²) in [5.41, 5.74) is 0.671. The highest BCUT2D eigenvalue weighted by molar-refractivity contribution is 6.30. The van der Waals surface area contributed by atoms with Crippen LogP contribution in [0.4, 0.5) is 0 Å². The van der Waals surface area contributed by atoms with Gasteiger partial charge in [-0.05, 0) is 37.2 Å². The van der Waals surface area contributed by atoms with Crippen LogP contribution in [0.25, 0.3) is 0 Å². The minimum absolute atomic E-state index is 0.00961. The van der Waals surface area contributed by atoms with Crippen molar-refractivity contribution >= 4 is 17.5 Å². The first-order chi connectivity index (χ1) is 8.19. The van der Waals surface area contributed by atoms with E-state index in [1.54, 1.807) is 24.3 Å². The van der Waals surface area contributed by atoms with E-state index in [4.69, 9.17) is 11.6 Å². The Morgan fingerprint density at radius 3 is 2.76 bits per heavy atom. The van der Waals surface area contributed by atoms with Gasteiger partial charge in [0.1, 0.15) is 0 Å². The molecule has 0 radical (unpaired) electrons. The molecule has 1 saturated heterocycles. The molecule has 1 aliphatic rings. The zero-order valence-electron chi connectivity index (χ0n) is 9.95. The summed E-state index contributed by atoms with van der Waals surface area (Å²) in [6.45, 7) is 5.22. The van der Waals surface area contributed by atoms with E-state index in [1.807, 2.05) is 0 Å². The van der Waals surface area contributed by atoms with Gasteiger partial charge in [-0.25, -0.2) is 0 Å². The summed E-state index contributed by atoms with van der Waals surface area (Å²) in [6.07, 6.45) is 1.03. The molecule has 3 nitrogen and oxygen atoms in total. The molecule has 0 saturated carbocycles. The van der Waals surface area contributed by atoms with Crippen molar-refractivity contribution in [1.82, 2.24) is 10.2 Å². The summed E-state index contributed by atoms with van der Waals surface area (Å²) >= 11 is 5.79. The van der Waals surface area contributed by atoms with Crippen molar-refractivity contribution in [3.05, 3.63) is 34.9 Å². The number of carbonyl (C=O) groups excluding carboxylic acids is 1. The Morgan fingerprint density at radius 1 is 1.47 bits per heavy atom. The standard InChI is InChI=1S/C13H17ClN2O/c1-2-16-8-7-12(9-16)15-13(17)10-3-5-11(14)6-4-10/h3-6,12H,2,7-9H2,1H3,(H,15,17)/t12-/m0/s1. The fourth-order valence-electron chi connectivity index (χ4n) is 2.11. The van der Waals surface area contributed by atoms with Gasteiger partial charge in [0.25, 0.3) is 5.91 Å². The third-order valence-corrected chi connectivity index (χ3v) is 3.41. The molecule has 4 heteroatoms. The molecule has 1 fully saturated rings. The first-order valence-electron chi connectivity index (χ1n) is 5.98. The number of likely N-dealkylation sites (N-methyl/N-ethyl adjacent to an activating group) is 1. The Morgan fingerprint density at radius 2 is 2.18 bits per heavy atom. The lowest BCUT2D eigenvalue weighted by Crippen LogP contribution is -2.37. The van der Waals surface area contributed by atoms with Crippen molar-refractivity contribution in [1.29, 1.82) is 0 Å². The Hall–Kier alpha value is -1.06. The van der Waals surface area contributed by atoms with Crippen LogP contribution in [0.3, 0.4) is 0 Å². The fourth-order valence-corrected chi connectivity index (χ4v) is 2.23. The van der Waals surface area contributed by atoms with Crippen molar-refractivity contribution in [2.24, 2.45) is 0 Å². The van der Waals surface area contributed by atoms with E-state index < -0.39 is 0 Å². The number of carbonyl (C=O) groups is 1. The summed E-state index contributed by atoms with van der Waals surface area (Å²) in [7, 11) is 0. The van der Waals surface area contributed by atoms with E-state index in [9.17, 15) is 4.79 Å². The Balaban J connectivity index is 1.91. The van der Waals surface area contributed by atoms with Crippen LogP contribution in [0.2, 0.25) is 5.02 Å². The smallest absolute Gasteiger partial charge is 0.251 e. The van der Waals surface area contributed by atoms with Crippen LogP contribution in [0.15, 0.2) is 24.3 Å². The molecule has 1 amide bonds. The molecule has 1 aromatic carbocycles. The molecule has 0 aromatic heterocycles. The van der Waals surface area contributed by atoms with Crippen LogP contribution in [0.1, 0.15) is 23.7 Å². The van der Waals surface area contributed by atoms with Gasteiger partial charge in [-0.15, -0.1) is 0 Å². The minimum Gasteiger partial charge on any atom is -0.348 e. The summed E-state index contributed by atoms with van der Waals surface area (Å²) in [4.78, 5) is 14.3. The third-order valence-electron chi connectivity index (χ3n) is 3.16. The number of rotatable bonds is 3. The number of halogens is 1. The average molecular weight is 253 g/mol. The predicted octanol–water partition coefficient (Wildman–Crippen LogP) is 2.16. The van der Waals surface area contributed by atoms with Crippen LogP contribution < -0.4 is 5.32 Å². The monoisotopic (exact) mass is 252 g/mol. The molecular weight excluding hydrogens is 236 g/mol. The number of hydrogen-bond donors (Lipinski definition) is 1. The Labute approximate surface area is 107 Å². The number of benzene rings is 1. The molecule has 1 aliphatic heterocycles. The second-order valence-corrected chi connectivity index (χ2v) is 4.80. The van der Waals surface area contributed by atoms with Crippen molar-refractivity contribution in [3.63, 3.8) is 0 Å². The van der Waals surface area contributed by atoms with Crippen LogP contribution in [0, 0.1) is 0 Å². The molecule has 17 heavy (non-hydrogen) atoms. The number of nitrogens with zero attached hydrogens (tertiary/aromatic N) is 1. The molecule has 1 aromatic rings. The van der Waals surface area contributed by atoms with E-state index >= 15 is 0 Å². The lowest BCUT2D eigenvalue weighted by atomic mass is 10.2. The maximum absolute atomic E-state index is 11.9. The number of hydrogen-bond acceptors (Lipinski definition) is 2. The third kappa shape index (κ3) is 3.20. The van der Waals surface area contributed by atoms with Crippen molar-refractivity contribution in [3.8, 4) is 0 Å². The molecule has 92 valence electrons. The van der Waals surface area contributed by atoms with Crippen molar-refractivity contribution in [2.45, 2.75) is 19.4 Å². The van der Waals surface area contributed by atoms with E-state index in [0.717, 1.165) is 26.1 Å². The van der Waals surface area contributed by atoms with Gasteiger partial charge in [-0.2, -0.15) is 0 Å². The summed E-state index contributed by atoms with van der Waals surface area (Å²) in [5.74, 6) is -0.00961. The average Bonchev–Trinajstić information content (AvgIpc) is 2.77. The van der Waals surface area contributed by atoms with Crippen LogP contribution in [0.5, 0.6) is 0 Å². The Bertz CT molecular complexity index is 391. The summed E-state index contributed by atoms with van der Waals surface area (Å²) < 4.78 is 0. The number of likely N-dealkylation sites (tertiary alicyclic amines) is 1. The maximum atomic E-state index is 11.9. The second-order valence-electron chi connectivity index (χ2n) is 4.36. The molecule has 0 bridgehead atoms. The topological polar surface area (TPSA) is 32.3 Å². The quantitative estimate of drug-likeness (QED) is 0.894. The number of nitrogens with one attached hydrogen (secondary N) is 1. The second kappa shape index (κ2) is 5.52. The molecule has 1 heterocycles. The van der Waals surface area contributed by atoms with Gasteiger partial charge in [-0.3, -0.25) is 4.79 Å². The van der Waals surface area contributed by atoms with E-state index in [2.05, 4.69) is 17.1 Å². The van der Waals surface area contributed by atoms with Crippen molar-refractivity contribution < 1.29 is 4.79 Å². The predicted molar refractivity (Wildman–Crippen MR) is 69.4 cm³/mol. The normalized spacial score (nSPS) is 20.5. The highest BCUT2D eigenvalue weighted by Crippen LogP contribution is 2.12. The van der Waals surface area contributed by atoms with Gasteiger partial charge in [0.2, 0.25) is 0 Å². The van der Waals surface area contributed by atoms with Crippen LogP contribution in [-0.2, 0) is 0 Å². The van der Waals surface area contributed by atoms with Gasteiger partial charge >= 0.3 is 0 Å². The van der Waals surface area contributed by atoms with Gasteiger partial charge in [-0.1, -0.05) is 18.5 Å². The van der Waals surface area contributed by atoms with Crippen LogP contribution in [-0.4, -0.2) is 36.5 Å². The van der Waals surface area contributed by atoms with Gasteiger partial charge in [0.05, 0.1) is 0 Å². The zero-order chi connectivity index (χ0) is 12.3. The van der Waals surface area contributed by atoms with Gasteiger partial charge in [0.15, 0.2) is 0 Å². The molecule has 0 spiro atoms. The summed E-state index contributed by atoms with van der Waals surface area (Å²) in [5, 5.41) is 3.71.